The van der Waals surface area contributed by atoms with Gasteiger partial charge in [0.2, 0.25) is 5.91 Å². The summed E-state index contributed by atoms with van der Waals surface area (Å²) < 4.78 is 5.94. The Morgan fingerprint density at radius 3 is 1.92 bits per heavy atom. The van der Waals surface area contributed by atoms with Crippen molar-refractivity contribution in [1.82, 2.24) is 0 Å². The van der Waals surface area contributed by atoms with Crippen LogP contribution in [0.15, 0.2) is 48.5 Å². The molecule has 0 unspecified atom stereocenters. The van der Waals surface area contributed by atoms with Crippen molar-refractivity contribution in [3.05, 3.63) is 48.5 Å². The molecule has 1 heterocycles. The van der Waals surface area contributed by atoms with E-state index < -0.39 is 0 Å². The number of para-hydroxylation sites is 4. The van der Waals surface area contributed by atoms with Gasteiger partial charge in [-0.1, -0.05) is 69.7 Å². The molecule has 0 N–H and O–H groups in total. The highest BCUT2D eigenvalue weighted by molar-refractivity contribution is 6.04. The Hall–Kier alpha value is -2.29. The van der Waals surface area contributed by atoms with E-state index in [1.807, 2.05) is 53.4 Å². The summed E-state index contributed by atoms with van der Waals surface area (Å²) in [5.41, 5.74) is 1.68. The number of carbonyl (C=O) groups excluding carboxylic acids is 1. The zero-order valence-corrected chi connectivity index (χ0v) is 15.0. The third kappa shape index (κ3) is 4.22. The third-order valence-corrected chi connectivity index (χ3v) is 4.68. The number of carbonyl (C=O) groups is 1. The van der Waals surface area contributed by atoms with Crippen LogP contribution in [-0.4, -0.2) is 5.91 Å². The molecule has 0 radical (unpaired) electrons. The number of benzene rings is 2. The SMILES string of the molecule is CCCCCCCCCC(=O)N1c2ccccc2Oc2ccccc21. The predicted octanol–water partition coefficient (Wildman–Crippen LogP) is 6.60. The molecule has 0 fully saturated rings. The fourth-order valence-electron chi connectivity index (χ4n) is 3.32. The largest absolute Gasteiger partial charge is 0.453 e. The van der Waals surface area contributed by atoms with Crippen molar-refractivity contribution in [2.45, 2.75) is 58.3 Å². The molecular weight excluding hydrogens is 310 g/mol. The van der Waals surface area contributed by atoms with Crippen LogP contribution in [-0.2, 0) is 4.79 Å². The molecule has 1 aliphatic heterocycles. The predicted molar refractivity (Wildman–Crippen MR) is 103 cm³/mol. The Morgan fingerprint density at radius 2 is 1.32 bits per heavy atom. The maximum absolute atomic E-state index is 12.9. The van der Waals surface area contributed by atoms with Crippen molar-refractivity contribution in [2.75, 3.05) is 4.90 Å². The third-order valence-electron chi connectivity index (χ3n) is 4.68. The lowest BCUT2D eigenvalue weighted by atomic mass is 10.1. The molecule has 1 aliphatic rings. The van der Waals surface area contributed by atoms with Crippen LogP contribution in [0.3, 0.4) is 0 Å². The highest BCUT2D eigenvalue weighted by Gasteiger charge is 2.28. The van der Waals surface area contributed by atoms with Gasteiger partial charge < -0.3 is 4.74 Å². The first-order chi connectivity index (χ1) is 12.3. The Labute approximate surface area is 150 Å². The van der Waals surface area contributed by atoms with Crippen molar-refractivity contribution in [2.24, 2.45) is 0 Å². The van der Waals surface area contributed by atoms with E-state index in [1.54, 1.807) is 0 Å². The minimum absolute atomic E-state index is 0.150. The summed E-state index contributed by atoms with van der Waals surface area (Å²) in [5.74, 6) is 1.64. The number of nitrogens with zero attached hydrogens (tertiary/aromatic N) is 1. The second-order valence-electron chi connectivity index (χ2n) is 6.64. The van der Waals surface area contributed by atoms with Crippen LogP contribution in [0.1, 0.15) is 58.3 Å². The number of hydrogen-bond donors (Lipinski definition) is 0. The second-order valence-corrected chi connectivity index (χ2v) is 6.64. The molecule has 3 nitrogen and oxygen atoms in total. The number of amides is 1. The maximum atomic E-state index is 12.9. The number of rotatable bonds is 8. The lowest BCUT2D eigenvalue weighted by molar-refractivity contribution is -0.118. The van der Waals surface area contributed by atoms with Gasteiger partial charge in [0.15, 0.2) is 11.5 Å². The Balaban J connectivity index is 1.64. The summed E-state index contributed by atoms with van der Waals surface area (Å²) in [6, 6.07) is 15.5. The molecule has 3 heteroatoms. The smallest absolute Gasteiger partial charge is 0.231 e. The highest BCUT2D eigenvalue weighted by Crippen LogP contribution is 2.46. The summed E-state index contributed by atoms with van der Waals surface area (Å²) in [5, 5.41) is 0. The molecular formula is C22H27NO2. The molecule has 3 rings (SSSR count). The molecule has 0 bridgehead atoms. The number of anilines is 2. The Bertz CT molecular complexity index is 665. The van der Waals surface area contributed by atoms with Crippen molar-refractivity contribution >= 4 is 17.3 Å². The van der Waals surface area contributed by atoms with E-state index in [0.29, 0.717) is 6.42 Å². The van der Waals surface area contributed by atoms with Gasteiger partial charge in [0.1, 0.15) is 0 Å². The summed E-state index contributed by atoms with van der Waals surface area (Å²) in [4.78, 5) is 14.8. The van der Waals surface area contributed by atoms with Gasteiger partial charge in [-0.15, -0.1) is 0 Å². The zero-order valence-electron chi connectivity index (χ0n) is 15.0. The van der Waals surface area contributed by atoms with Gasteiger partial charge in [-0.3, -0.25) is 9.69 Å². The Kier molecular flexibility index (Phi) is 6.10. The van der Waals surface area contributed by atoms with E-state index in [-0.39, 0.29) is 5.91 Å². The van der Waals surface area contributed by atoms with E-state index in [0.717, 1.165) is 35.7 Å². The molecule has 2 aromatic carbocycles. The highest BCUT2D eigenvalue weighted by atomic mass is 16.5. The van der Waals surface area contributed by atoms with Crippen LogP contribution in [0.4, 0.5) is 11.4 Å². The van der Waals surface area contributed by atoms with E-state index in [4.69, 9.17) is 4.74 Å². The number of hydrogen-bond acceptors (Lipinski definition) is 2. The van der Waals surface area contributed by atoms with Crippen LogP contribution in [0.5, 0.6) is 11.5 Å². The molecule has 0 spiro atoms. The number of unbranched alkanes of at least 4 members (excludes halogenated alkanes) is 6. The van der Waals surface area contributed by atoms with Crippen LogP contribution >= 0.6 is 0 Å². The standard InChI is InChI=1S/C22H27NO2/c1-2-3-4-5-6-7-8-17-22(24)23-18-13-9-11-15-20(18)25-21-16-12-10-14-19(21)23/h9-16H,2-8,17H2,1H3. The van der Waals surface area contributed by atoms with Gasteiger partial charge in [-0.2, -0.15) is 0 Å². The minimum atomic E-state index is 0.150. The molecule has 25 heavy (non-hydrogen) atoms. The van der Waals surface area contributed by atoms with Gasteiger partial charge in [0.05, 0.1) is 11.4 Å². The average Bonchev–Trinajstić information content (AvgIpc) is 2.65. The summed E-state index contributed by atoms with van der Waals surface area (Å²) in [7, 11) is 0. The molecule has 0 aliphatic carbocycles. The first-order valence-electron chi connectivity index (χ1n) is 9.50. The molecule has 2 aromatic rings. The van der Waals surface area contributed by atoms with Crippen LogP contribution in [0.2, 0.25) is 0 Å². The summed E-state index contributed by atoms with van der Waals surface area (Å²) >= 11 is 0. The van der Waals surface area contributed by atoms with Crippen LogP contribution in [0.25, 0.3) is 0 Å². The first-order valence-corrected chi connectivity index (χ1v) is 9.50. The van der Waals surface area contributed by atoms with Gasteiger partial charge in [0.25, 0.3) is 0 Å². The van der Waals surface area contributed by atoms with E-state index in [9.17, 15) is 4.79 Å². The number of ether oxygens (including phenoxy) is 1. The zero-order chi connectivity index (χ0) is 17.5. The maximum Gasteiger partial charge on any atom is 0.231 e. The summed E-state index contributed by atoms with van der Waals surface area (Å²) in [6.07, 6.45) is 9.07. The van der Waals surface area contributed by atoms with Crippen LogP contribution < -0.4 is 9.64 Å². The molecule has 0 saturated carbocycles. The normalized spacial score (nSPS) is 12.3. The molecule has 1 amide bonds. The van der Waals surface area contributed by atoms with Crippen LogP contribution in [0, 0.1) is 0 Å². The molecule has 0 saturated heterocycles. The lowest BCUT2D eigenvalue weighted by Gasteiger charge is -2.31. The molecule has 132 valence electrons. The van der Waals surface area contributed by atoms with Gasteiger partial charge in [0, 0.05) is 6.42 Å². The quantitative estimate of drug-likeness (QED) is 0.508. The van der Waals surface area contributed by atoms with Crippen molar-refractivity contribution < 1.29 is 9.53 Å². The minimum Gasteiger partial charge on any atom is -0.453 e. The lowest BCUT2D eigenvalue weighted by Crippen LogP contribution is -2.28. The van der Waals surface area contributed by atoms with E-state index in [1.165, 1.54) is 32.1 Å². The van der Waals surface area contributed by atoms with Gasteiger partial charge in [-0.05, 0) is 30.7 Å². The van der Waals surface area contributed by atoms with Crippen molar-refractivity contribution in [3.63, 3.8) is 0 Å². The summed E-state index contributed by atoms with van der Waals surface area (Å²) in [6.45, 7) is 2.23. The molecule has 0 aromatic heterocycles. The molecule has 0 atom stereocenters. The van der Waals surface area contributed by atoms with E-state index in [2.05, 4.69) is 6.92 Å². The van der Waals surface area contributed by atoms with Crippen molar-refractivity contribution in [3.8, 4) is 11.5 Å². The number of fused-ring (bicyclic) bond motifs is 2. The Morgan fingerprint density at radius 1 is 0.800 bits per heavy atom. The fourth-order valence-corrected chi connectivity index (χ4v) is 3.32. The monoisotopic (exact) mass is 337 g/mol. The first kappa shape index (κ1) is 17.5. The van der Waals surface area contributed by atoms with Crippen molar-refractivity contribution in [1.29, 1.82) is 0 Å². The van der Waals surface area contributed by atoms with E-state index >= 15 is 0 Å². The fraction of sp³-hybridized carbons (Fsp3) is 0.409. The van der Waals surface area contributed by atoms with Gasteiger partial charge >= 0.3 is 0 Å². The topological polar surface area (TPSA) is 29.5 Å². The van der Waals surface area contributed by atoms with Gasteiger partial charge in [-0.25, -0.2) is 0 Å². The second kappa shape index (κ2) is 8.70. The average molecular weight is 337 g/mol.